The molecule has 1 aromatic carbocycles. The van der Waals surface area contributed by atoms with Gasteiger partial charge in [-0.25, -0.2) is 0 Å². The van der Waals surface area contributed by atoms with Crippen molar-refractivity contribution in [1.29, 1.82) is 0 Å². The molecular weight excluding hydrogens is 200 g/mol. The number of fused-ring (bicyclic) bond motifs is 1. The van der Waals surface area contributed by atoms with E-state index in [1.165, 1.54) is 0 Å². The van der Waals surface area contributed by atoms with Crippen molar-refractivity contribution in [3.63, 3.8) is 0 Å². The van der Waals surface area contributed by atoms with Gasteiger partial charge in [-0.2, -0.15) is 0 Å². The minimum Gasteiger partial charge on any atom is -0.464 e. The van der Waals surface area contributed by atoms with Crippen LogP contribution in [0.1, 0.15) is 31.9 Å². The van der Waals surface area contributed by atoms with Gasteiger partial charge < -0.3 is 4.42 Å². The topological polar surface area (TPSA) is 51.2 Å². The highest BCUT2D eigenvalue weighted by atomic mass is 16.3. The highest BCUT2D eigenvalue weighted by Gasteiger charge is 2.20. The first-order valence-corrected chi connectivity index (χ1v) is 5.70. The lowest BCUT2D eigenvalue weighted by atomic mass is 9.93. The summed E-state index contributed by atoms with van der Waals surface area (Å²) in [4.78, 5) is 0. The molecule has 3 heteroatoms. The van der Waals surface area contributed by atoms with E-state index >= 15 is 0 Å². The fraction of sp³-hybridized carbons (Fsp3) is 0.385. The van der Waals surface area contributed by atoms with Crippen LogP contribution >= 0.6 is 0 Å². The molecule has 2 unspecified atom stereocenters. The van der Waals surface area contributed by atoms with Gasteiger partial charge in [-0.15, -0.1) is 0 Å². The zero-order valence-corrected chi connectivity index (χ0v) is 9.73. The fourth-order valence-corrected chi connectivity index (χ4v) is 2.04. The molecule has 0 amide bonds. The maximum Gasteiger partial charge on any atom is 0.134 e. The van der Waals surface area contributed by atoms with Gasteiger partial charge in [0, 0.05) is 10.9 Å². The van der Waals surface area contributed by atoms with E-state index in [-0.39, 0.29) is 6.04 Å². The summed E-state index contributed by atoms with van der Waals surface area (Å²) >= 11 is 0. The molecule has 16 heavy (non-hydrogen) atoms. The lowest BCUT2D eigenvalue weighted by Gasteiger charge is -2.21. The van der Waals surface area contributed by atoms with Crippen molar-refractivity contribution in [3.05, 3.63) is 36.1 Å². The summed E-state index contributed by atoms with van der Waals surface area (Å²) < 4.78 is 5.53. The molecule has 0 spiro atoms. The third-order valence-corrected chi connectivity index (χ3v) is 3.24. The Hall–Kier alpha value is -1.32. The number of furan rings is 1. The van der Waals surface area contributed by atoms with Crippen molar-refractivity contribution in [2.24, 2.45) is 11.8 Å². The maximum absolute atomic E-state index is 5.64. The molecule has 0 aliphatic rings. The first kappa shape index (κ1) is 11.2. The van der Waals surface area contributed by atoms with Crippen LogP contribution in [0.3, 0.4) is 0 Å². The molecule has 0 bridgehead atoms. The van der Waals surface area contributed by atoms with Crippen LogP contribution in [0.4, 0.5) is 0 Å². The largest absolute Gasteiger partial charge is 0.464 e. The molecule has 2 rings (SSSR count). The van der Waals surface area contributed by atoms with Crippen molar-refractivity contribution in [3.8, 4) is 0 Å². The number of hydrazine groups is 1. The van der Waals surface area contributed by atoms with Crippen molar-refractivity contribution in [1.82, 2.24) is 5.43 Å². The molecule has 2 aromatic rings. The number of rotatable bonds is 4. The van der Waals surface area contributed by atoms with Crippen molar-refractivity contribution in [2.45, 2.75) is 26.3 Å². The highest BCUT2D eigenvalue weighted by Crippen LogP contribution is 2.31. The average Bonchev–Trinajstić information content (AvgIpc) is 2.74. The second kappa shape index (κ2) is 4.68. The smallest absolute Gasteiger partial charge is 0.134 e. The molecule has 0 aliphatic carbocycles. The third-order valence-electron chi connectivity index (χ3n) is 3.24. The van der Waals surface area contributed by atoms with Crippen LogP contribution in [0.15, 0.2) is 34.9 Å². The molecule has 0 fully saturated rings. The molecule has 2 atom stereocenters. The molecule has 0 saturated carbocycles. The second-order valence-electron chi connectivity index (χ2n) is 4.22. The predicted molar refractivity (Wildman–Crippen MR) is 65.7 cm³/mol. The van der Waals surface area contributed by atoms with Crippen LogP contribution in [0.25, 0.3) is 11.0 Å². The Morgan fingerprint density at radius 2 is 2.12 bits per heavy atom. The van der Waals surface area contributed by atoms with Crippen molar-refractivity contribution < 1.29 is 4.42 Å². The molecule has 3 nitrogen and oxygen atoms in total. The van der Waals surface area contributed by atoms with Gasteiger partial charge in [-0.05, 0) is 12.0 Å². The van der Waals surface area contributed by atoms with E-state index in [4.69, 9.17) is 10.3 Å². The number of nitrogens with two attached hydrogens (primary N) is 1. The van der Waals surface area contributed by atoms with Gasteiger partial charge in [0.25, 0.3) is 0 Å². The summed E-state index contributed by atoms with van der Waals surface area (Å²) in [5.74, 6) is 6.12. The summed E-state index contributed by atoms with van der Waals surface area (Å²) in [6.45, 7) is 4.35. The van der Waals surface area contributed by atoms with Gasteiger partial charge in [0.15, 0.2) is 0 Å². The van der Waals surface area contributed by atoms with Gasteiger partial charge in [-0.3, -0.25) is 11.3 Å². The monoisotopic (exact) mass is 218 g/mol. The summed E-state index contributed by atoms with van der Waals surface area (Å²) in [7, 11) is 0. The summed E-state index contributed by atoms with van der Waals surface area (Å²) in [5, 5.41) is 1.14. The lowest BCUT2D eigenvalue weighted by molar-refractivity contribution is 0.381. The molecule has 0 radical (unpaired) electrons. The predicted octanol–water partition coefficient (Wildman–Crippen LogP) is 2.98. The number of nitrogens with one attached hydrogen (secondary N) is 1. The Morgan fingerprint density at radius 1 is 1.38 bits per heavy atom. The minimum absolute atomic E-state index is 0.147. The van der Waals surface area contributed by atoms with Crippen LogP contribution in [-0.4, -0.2) is 0 Å². The fourth-order valence-electron chi connectivity index (χ4n) is 2.04. The summed E-state index contributed by atoms with van der Waals surface area (Å²) in [6.07, 6.45) is 2.88. The van der Waals surface area contributed by atoms with Gasteiger partial charge in [0.2, 0.25) is 0 Å². The molecule has 1 aromatic heterocycles. The first-order valence-electron chi connectivity index (χ1n) is 5.70. The molecule has 86 valence electrons. The Balaban J connectivity index is 2.45. The van der Waals surface area contributed by atoms with E-state index in [2.05, 4.69) is 25.3 Å². The van der Waals surface area contributed by atoms with Crippen LogP contribution < -0.4 is 11.3 Å². The number of hydrogen-bond donors (Lipinski definition) is 2. The van der Waals surface area contributed by atoms with E-state index in [0.717, 1.165) is 23.0 Å². The first-order chi connectivity index (χ1) is 7.77. The van der Waals surface area contributed by atoms with E-state index in [1.807, 2.05) is 18.2 Å². The number of benzene rings is 1. The Bertz CT molecular complexity index is 464. The Kier molecular flexibility index (Phi) is 3.27. The number of hydrogen-bond acceptors (Lipinski definition) is 3. The Morgan fingerprint density at radius 3 is 2.81 bits per heavy atom. The molecular formula is C13H18N2O. The molecule has 0 saturated heterocycles. The lowest BCUT2D eigenvalue weighted by Crippen LogP contribution is -2.32. The number of para-hydroxylation sites is 1. The molecule has 0 aliphatic heterocycles. The SMILES string of the molecule is CCC(C)C(NN)c1coc2ccccc12. The van der Waals surface area contributed by atoms with E-state index in [1.54, 1.807) is 6.26 Å². The van der Waals surface area contributed by atoms with Crippen molar-refractivity contribution >= 4 is 11.0 Å². The van der Waals surface area contributed by atoms with Gasteiger partial charge >= 0.3 is 0 Å². The zero-order valence-electron chi connectivity index (χ0n) is 9.73. The standard InChI is InChI=1S/C13H18N2O/c1-3-9(2)13(15-14)11-8-16-12-7-5-4-6-10(11)12/h4-9,13,15H,3,14H2,1-2H3. The van der Waals surface area contributed by atoms with E-state index in [9.17, 15) is 0 Å². The highest BCUT2D eigenvalue weighted by molar-refractivity contribution is 5.81. The molecule has 1 heterocycles. The normalized spacial score (nSPS) is 15.2. The van der Waals surface area contributed by atoms with Gasteiger partial charge in [0.05, 0.1) is 12.3 Å². The van der Waals surface area contributed by atoms with Gasteiger partial charge in [0.1, 0.15) is 5.58 Å². The second-order valence-corrected chi connectivity index (χ2v) is 4.22. The summed E-state index contributed by atoms with van der Waals surface area (Å²) in [6, 6.07) is 8.19. The van der Waals surface area contributed by atoms with Crippen LogP contribution in [0.5, 0.6) is 0 Å². The van der Waals surface area contributed by atoms with E-state index in [0.29, 0.717) is 5.92 Å². The quantitative estimate of drug-likeness (QED) is 0.612. The van der Waals surface area contributed by atoms with Crippen molar-refractivity contribution in [2.75, 3.05) is 0 Å². The van der Waals surface area contributed by atoms with E-state index < -0.39 is 0 Å². The van der Waals surface area contributed by atoms with Crippen LogP contribution in [0.2, 0.25) is 0 Å². The van der Waals surface area contributed by atoms with Crippen LogP contribution in [0, 0.1) is 5.92 Å². The zero-order chi connectivity index (χ0) is 11.5. The minimum atomic E-state index is 0.147. The molecule has 3 N–H and O–H groups in total. The van der Waals surface area contributed by atoms with Gasteiger partial charge in [-0.1, -0.05) is 38.5 Å². The Labute approximate surface area is 95.6 Å². The average molecular weight is 218 g/mol. The third kappa shape index (κ3) is 1.84. The maximum atomic E-state index is 5.64. The summed E-state index contributed by atoms with van der Waals surface area (Å²) in [5.41, 5.74) is 4.95. The van der Waals surface area contributed by atoms with Crippen LogP contribution in [-0.2, 0) is 0 Å².